The van der Waals surface area contributed by atoms with Crippen LogP contribution in [0.3, 0.4) is 0 Å². The van der Waals surface area contributed by atoms with Gasteiger partial charge in [-0.25, -0.2) is 4.79 Å². The summed E-state index contributed by atoms with van der Waals surface area (Å²) in [5, 5.41) is 6.45. The summed E-state index contributed by atoms with van der Waals surface area (Å²) in [6.07, 6.45) is 0.557. The van der Waals surface area contributed by atoms with Gasteiger partial charge >= 0.3 is 6.09 Å². The molecule has 0 spiro atoms. The van der Waals surface area contributed by atoms with Gasteiger partial charge in [-0.1, -0.05) is 13.8 Å². The molecule has 2 aliphatic rings. The average molecular weight is 425 g/mol. The number of carbonyl (C=O) groups excluding carboxylic acids is 1. The Labute approximate surface area is 183 Å². The fraction of sp³-hybridized carbons (Fsp3) is 0.909. The van der Waals surface area contributed by atoms with Crippen LogP contribution in [0.1, 0.15) is 48.0 Å². The van der Waals surface area contributed by atoms with Crippen LogP contribution in [-0.4, -0.2) is 104 Å². The van der Waals surface area contributed by atoms with E-state index < -0.39 is 5.60 Å². The van der Waals surface area contributed by atoms with E-state index in [4.69, 9.17) is 9.73 Å². The van der Waals surface area contributed by atoms with E-state index in [1.54, 1.807) is 0 Å². The zero-order valence-electron chi connectivity index (χ0n) is 20.2. The molecule has 2 saturated heterocycles. The third kappa shape index (κ3) is 7.95. The maximum absolute atomic E-state index is 12.1. The molecule has 0 radical (unpaired) electrons. The molecule has 2 aliphatic heterocycles. The highest BCUT2D eigenvalue weighted by Crippen LogP contribution is 2.16. The first-order valence-electron chi connectivity index (χ1n) is 11.5. The molecule has 2 rings (SSSR count). The standard InChI is InChI=1S/C22H44N6O2/c1-8-23-20(24-15-19(17(2)3)27-13-11-26(7)12-14-27)28-10-9-18(16-28)25-21(29)30-22(4,5)6/h17-19H,8-16H2,1-7H3,(H,23,24)(H,25,29). The van der Waals surface area contributed by atoms with Gasteiger partial charge in [0.15, 0.2) is 5.96 Å². The first kappa shape index (κ1) is 24.7. The summed E-state index contributed by atoms with van der Waals surface area (Å²) in [6.45, 7) is 20.1. The molecule has 2 atom stereocenters. The number of nitrogens with one attached hydrogen (secondary N) is 2. The van der Waals surface area contributed by atoms with Crippen molar-refractivity contribution in [3.63, 3.8) is 0 Å². The summed E-state index contributed by atoms with van der Waals surface area (Å²) in [5.74, 6) is 1.51. The molecule has 0 aromatic rings. The van der Waals surface area contributed by atoms with Crippen molar-refractivity contribution in [3.05, 3.63) is 0 Å². The number of likely N-dealkylation sites (tertiary alicyclic amines) is 1. The summed E-state index contributed by atoms with van der Waals surface area (Å²) in [4.78, 5) is 24.4. The number of carbonyl (C=O) groups is 1. The quantitative estimate of drug-likeness (QED) is 0.501. The van der Waals surface area contributed by atoms with E-state index in [1.807, 2.05) is 20.8 Å². The van der Waals surface area contributed by atoms with Crippen molar-refractivity contribution in [3.8, 4) is 0 Å². The second kappa shape index (κ2) is 11.2. The Morgan fingerprint density at radius 1 is 1.17 bits per heavy atom. The SMILES string of the molecule is CCNC(=NCC(C(C)C)N1CCN(C)CC1)N1CCC(NC(=O)OC(C)(C)C)C1. The second-order valence-corrected chi connectivity index (χ2v) is 9.92. The Balaban J connectivity index is 1.95. The summed E-state index contributed by atoms with van der Waals surface area (Å²) < 4.78 is 5.40. The third-order valence-corrected chi connectivity index (χ3v) is 5.75. The number of alkyl carbamates (subject to hydrolysis) is 1. The van der Waals surface area contributed by atoms with Crippen LogP contribution in [-0.2, 0) is 4.74 Å². The number of ether oxygens (including phenoxy) is 1. The van der Waals surface area contributed by atoms with Gasteiger partial charge in [0, 0.05) is 51.9 Å². The number of aliphatic imine (C=N–C) groups is 1. The number of guanidine groups is 1. The number of hydrogen-bond donors (Lipinski definition) is 2. The molecule has 8 heteroatoms. The molecular formula is C22H44N6O2. The van der Waals surface area contributed by atoms with Crippen LogP contribution in [0.5, 0.6) is 0 Å². The first-order chi connectivity index (χ1) is 14.1. The Bertz CT molecular complexity index is 566. The van der Waals surface area contributed by atoms with Crippen molar-refractivity contribution in [2.45, 2.75) is 65.6 Å². The van der Waals surface area contributed by atoms with Crippen molar-refractivity contribution in [2.24, 2.45) is 10.9 Å². The Hall–Kier alpha value is -1.54. The van der Waals surface area contributed by atoms with Crippen LogP contribution in [0, 0.1) is 5.92 Å². The Kier molecular flexibility index (Phi) is 9.22. The molecule has 2 unspecified atom stereocenters. The van der Waals surface area contributed by atoms with E-state index in [9.17, 15) is 4.79 Å². The van der Waals surface area contributed by atoms with Crippen LogP contribution in [0.2, 0.25) is 0 Å². The van der Waals surface area contributed by atoms with Gasteiger partial charge in [0.05, 0.1) is 12.6 Å². The molecule has 30 heavy (non-hydrogen) atoms. The van der Waals surface area contributed by atoms with Crippen LogP contribution < -0.4 is 10.6 Å². The highest BCUT2D eigenvalue weighted by atomic mass is 16.6. The van der Waals surface area contributed by atoms with Gasteiger partial charge in [-0.3, -0.25) is 9.89 Å². The van der Waals surface area contributed by atoms with Crippen molar-refractivity contribution in [1.29, 1.82) is 0 Å². The molecule has 1 amide bonds. The predicted molar refractivity (Wildman–Crippen MR) is 123 cm³/mol. The summed E-state index contributed by atoms with van der Waals surface area (Å²) in [5.41, 5.74) is -0.478. The zero-order valence-corrected chi connectivity index (χ0v) is 20.2. The van der Waals surface area contributed by atoms with Crippen molar-refractivity contribution < 1.29 is 9.53 Å². The molecule has 0 bridgehead atoms. The summed E-state index contributed by atoms with van der Waals surface area (Å²) in [6, 6.07) is 0.535. The average Bonchev–Trinajstić information content (AvgIpc) is 3.08. The molecule has 8 nitrogen and oxygen atoms in total. The van der Waals surface area contributed by atoms with E-state index in [0.29, 0.717) is 12.0 Å². The second-order valence-electron chi connectivity index (χ2n) is 9.92. The lowest BCUT2D eigenvalue weighted by molar-refractivity contribution is 0.0507. The van der Waals surface area contributed by atoms with Crippen LogP contribution in [0.4, 0.5) is 4.79 Å². The van der Waals surface area contributed by atoms with Gasteiger partial charge in [-0.2, -0.15) is 0 Å². The molecular weight excluding hydrogens is 380 g/mol. The van der Waals surface area contributed by atoms with Crippen LogP contribution in [0.15, 0.2) is 4.99 Å². The normalized spacial score (nSPS) is 23.0. The van der Waals surface area contributed by atoms with E-state index >= 15 is 0 Å². The lowest BCUT2D eigenvalue weighted by Crippen LogP contribution is -2.52. The van der Waals surface area contributed by atoms with E-state index in [0.717, 1.165) is 64.7 Å². The monoisotopic (exact) mass is 424 g/mol. The molecule has 2 heterocycles. The number of likely N-dealkylation sites (N-methyl/N-ethyl adjacent to an activating group) is 1. The lowest BCUT2D eigenvalue weighted by Gasteiger charge is -2.39. The number of amides is 1. The topological polar surface area (TPSA) is 72.4 Å². The number of piperazine rings is 1. The number of rotatable bonds is 6. The highest BCUT2D eigenvalue weighted by Gasteiger charge is 2.29. The lowest BCUT2D eigenvalue weighted by atomic mass is 10.0. The smallest absolute Gasteiger partial charge is 0.407 e. The minimum Gasteiger partial charge on any atom is -0.444 e. The summed E-state index contributed by atoms with van der Waals surface area (Å²) in [7, 11) is 2.19. The molecule has 0 aromatic heterocycles. The van der Waals surface area contributed by atoms with Crippen LogP contribution in [0.25, 0.3) is 0 Å². The molecule has 2 N–H and O–H groups in total. The minimum atomic E-state index is -0.478. The predicted octanol–water partition coefficient (Wildman–Crippen LogP) is 1.82. The maximum atomic E-state index is 12.1. The van der Waals surface area contributed by atoms with Gasteiger partial charge in [0.2, 0.25) is 0 Å². The molecule has 2 fully saturated rings. The van der Waals surface area contributed by atoms with Gasteiger partial charge in [-0.15, -0.1) is 0 Å². The summed E-state index contributed by atoms with van der Waals surface area (Å²) >= 11 is 0. The van der Waals surface area contributed by atoms with E-state index in [1.165, 1.54) is 0 Å². The maximum Gasteiger partial charge on any atom is 0.407 e. The van der Waals surface area contributed by atoms with Gasteiger partial charge in [0.25, 0.3) is 0 Å². The molecule has 0 saturated carbocycles. The van der Waals surface area contributed by atoms with Crippen molar-refractivity contribution in [2.75, 3.05) is 59.4 Å². The first-order valence-corrected chi connectivity index (χ1v) is 11.5. The van der Waals surface area contributed by atoms with E-state index in [-0.39, 0.29) is 12.1 Å². The van der Waals surface area contributed by atoms with Crippen molar-refractivity contribution >= 4 is 12.1 Å². The zero-order chi connectivity index (χ0) is 22.3. The van der Waals surface area contributed by atoms with Gasteiger partial charge < -0.3 is 25.2 Å². The Morgan fingerprint density at radius 3 is 2.40 bits per heavy atom. The molecule has 174 valence electrons. The van der Waals surface area contributed by atoms with Crippen LogP contribution >= 0.6 is 0 Å². The largest absolute Gasteiger partial charge is 0.444 e. The van der Waals surface area contributed by atoms with Gasteiger partial charge in [0.1, 0.15) is 5.60 Å². The minimum absolute atomic E-state index is 0.0854. The Morgan fingerprint density at radius 2 is 1.83 bits per heavy atom. The fourth-order valence-corrected chi connectivity index (χ4v) is 4.05. The number of hydrogen-bond acceptors (Lipinski definition) is 5. The third-order valence-electron chi connectivity index (χ3n) is 5.75. The van der Waals surface area contributed by atoms with Gasteiger partial charge in [-0.05, 0) is 47.1 Å². The molecule has 0 aliphatic carbocycles. The highest BCUT2D eigenvalue weighted by molar-refractivity contribution is 5.80. The fourth-order valence-electron chi connectivity index (χ4n) is 4.05. The number of nitrogens with zero attached hydrogens (tertiary/aromatic N) is 4. The van der Waals surface area contributed by atoms with E-state index in [2.05, 4.69) is 53.2 Å². The molecule has 0 aromatic carbocycles. The van der Waals surface area contributed by atoms with Crippen molar-refractivity contribution in [1.82, 2.24) is 25.3 Å².